The lowest BCUT2D eigenvalue weighted by Crippen LogP contribution is -2.52. The number of nitrogens with zero attached hydrogens (tertiary/aromatic N) is 3. The molecule has 1 saturated heterocycles. The number of aromatic amines is 1. The van der Waals surface area contributed by atoms with Gasteiger partial charge in [0.1, 0.15) is 5.82 Å². The van der Waals surface area contributed by atoms with Gasteiger partial charge in [0.05, 0.1) is 23.7 Å². The van der Waals surface area contributed by atoms with Gasteiger partial charge in [-0.25, -0.2) is 13.8 Å². The molecule has 9 heteroatoms. The van der Waals surface area contributed by atoms with E-state index in [0.29, 0.717) is 11.4 Å². The Morgan fingerprint density at radius 1 is 1.33 bits per heavy atom. The number of fused-ring (bicyclic) bond motifs is 1. The highest BCUT2D eigenvalue weighted by Crippen LogP contribution is 2.40. The van der Waals surface area contributed by atoms with Crippen LogP contribution in [0.2, 0.25) is 0 Å². The van der Waals surface area contributed by atoms with Gasteiger partial charge in [0.15, 0.2) is 0 Å². The van der Waals surface area contributed by atoms with Crippen LogP contribution in [0.3, 0.4) is 0 Å². The lowest BCUT2D eigenvalue weighted by molar-refractivity contribution is -0.125. The highest BCUT2D eigenvalue weighted by Gasteiger charge is 2.46. The van der Waals surface area contributed by atoms with Crippen molar-refractivity contribution in [3.8, 4) is 0 Å². The van der Waals surface area contributed by atoms with E-state index in [1.165, 1.54) is 31.2 Å². The van der Waals surface area contributed by atoms with Gasteiger partial charge < -0.3 is 14.9 Å². The summed E-state index contributed by atoms with van der Waals surface area (Å²) in [6, 6.07) is 5.93. The number of aromatic nitrogens is 3. The van der Waals surface area contributed by atoms with Crippen molar-refractivity contribution >= 4 is 22.6 Å². The number of pyridine rings is 2. The number of carbonyl (C=O) groups is 1. The molecule has 0 aromatic carbocycles. The molecule has 3 aromatic heterocycles. The molecule has 2 fully saturated rings. The molecule has 7 nitrogen and oxygen atoms in total. The summed E-state index contributed by atoms with van der Waals surface area (Å²) in [6.07, 6.45) is 7.33. The molecular weight excluding hydrogens is 428 g/mol. The first-order chi connectivity index (χ1) is 15.8. The topological polar surface area (TPSA) is 83.0 Å². The van der Waals surface area contributed by atoms with Crippen LogP contribution in [0.15, 0.2) is 47.7 Å². The fraction of sp³-hybridized carbons (Fsp3) is 0.458. The largest absolute Gasteiger partial charge is 0.346 e. The molecule has 0 bridgehead atoms. The van der Waals surface area contributed by atoms with Crippen LogP contribution >= 0.6 is 0 Å². The summed E-state index contributed by atoms with van der Waals surface area (Å²) in [7, 11) is 0. The number of carbonyl (C=O) groups excluding carboxylic acids is 1. The maximum atomic E-state index is 14.6. The maximum absolute atomic E-state index is 14.6. The first-order valence-corrected chi connectivity index (χ1v) is 11.4. The van der Waals surface area contributed by atoms with Crippen LogP contribution in [0.4, 0.5) is 14.6 Å². The van der Waals surface area contributed by atoms with Gasteiger partial charge in [-0.3, -0.25) is 14.5 Å². The molecule has 0 radical (unpaired) electrons. The molecule has 4 heterocycles. The number of alkyl halides is 2. The van der Waals surface area contributed by atoms with Crippen molar-refractivity contribution in [2.24, 2.45) is 5.92 Å². The van der Waals surface area contributed by atoms with Crippen LogP contribution in [-0.2, 0) is 11.3 Å². The number of H-pyrrole nitrogens is 1. The smallest absolute Gasteiger partial charge is 0.257 e. The molecule has 1 saturated carbocycles. The van der Waals surface area contributed by atoms with Crippen LogP contribution in [0, 0.1) is 5.92 Å². The predicted octanol–water partition coefficient (Wildman–Crippen LogP) is 3.59. The second kappa shape index (κ2) is 8.37. The van der Waals surface area contributed by atoms with Gasteiger partial charge in [0.25, 0.3) is 5.92 Å². The minimum absolute atomic E-state index is 0.0180. The summed E-state index contributed by atoms with van der Waals surface area (Å²) in [5.74, 6) is -3.10. The van der Waals surface area contributed by atoms with Crippen molar-refractivity contribution in [1.82, 2.24) is 19.4 Å². The summed E-state index contributed by atoms with van der Waals surface area (Å²) in [4.78, 5) is 32.9. The Morgan fingerprint density at radius 3 is 2.88 bits per heavy atom. The first-order valence-electron chi connectivity index (χ1n) is 11.4. The number of hydrogen-bond donors (Lipinski definition) is 2. The summed E-state index contributed by atoms with van der Waals surface area (Å²) in [6.45, 7) is 2.83. The number of hydrogen-bond acceptors (Lipinski definition) is 4. The van der Waals surface area contributed by atoms with E-state index in [0.717, 1.165) is 23.4 Å². The molecule has 174 valence electrons. The van der Waals surface area contributed by atoms with Gasteiger partial charge in [0.2, 0.25) is 11.5 Å². The normalized spacial score (nSPS) is 21.7. The lowest BCUT2D eigenvalue weighted by atomic mass is 9.87. The van der Waals surface area contributed by atoms with Gasteiger partial charge in [-0.05, 0) is 43.4 Å². The van der Waals surface area contributed by atoms with E-state index < -0.39 is 17.9 Å². The Morgan fingerprint density at radius 2 is 2.15 bits per heavy atom. The van der Waals surface area contributed by atoms with E-state index in [4.69, 9.17) is 0 Å². The van der Waals surface area contributed by atoms with Gasteiger partial charge in [-0.2, -0.15) is 0 Å². The van der Waals surface area contributed by atoms with Crippen molar-refractivity contribution < 1.29 is 13.6 Å². The SMILES string of the molecule is CC(C(=O)Nc1cc2ccn(CC3CC3)c2cn1)N1CCC(F)(F)C(c2ccc(=O)[nH]c2)C1. The monoisotopic (exact) mass is 455 g/mol. The lowest BCUT2D eigenvalue weighted by Gasteiger charge is -2.40. The molecule has 33 heavy (non-hydrogen) atoms. The number of likely N-dealkylation sites (tertiary alicyclic amines) is 1. The highest BCUT2D eigenvalue weighted by molar-refractivity contribution is 5.95. The van der Waals surface area contributed by atoms with Gasteiger partial charge in [-0.15, -0.1) is 0 Å². The second-order valence-corrected chi connectivity index (χ2v) is 9.25. The van der Waals surface area contributed by atoms with E-state index in [1.807, 2.05) is 18.3 Å². The number of anilines is 1. The number of halogens is 2. The quantitative estimate of drug-likeness (QED) is 0.595. The van der Waals surface area contributed by atoms with E-state index >= 15 is 0 Å². The third-order valence-electron chi connectivity index (χ3n) is 6.86. The zero-order valence-electron chi connectivity index (χ0n) is 18.4. The number of amides is 1. The van der Waals surface area contributed by atoms with Crippen molar-refractivity contribution in [3.05, 3.63) is 58.8 Å². The summed E-state index contributed by atoms with van der Waals surface area (Å²) < 4.78 is 31.5. The molecule has 5 rings (SSSR count). The molecule has 1 aliphatic carbocycles. The Balaban J connectivity index is 1.27. The minimum Gasteiger partial charge on any atom is -0.346 e. The van der Waals surface area contributed by atoms with Gasteiger partial charge in [0, 0.05) is 49.9 Å². The first kappa shape index (κ1) is 21.8. The molecule has 1 amide bonds. The van der Waals surface area contributed by atoms with Crippen LogP contribution in [0.1, 0.15) is 37.7 Å². The zero-order chi connectivity index (χ0) is 23.2. The Labute approximate surface area is 189 Å². The average Bonchev–Trinajstić information content (AvgIpc) is 3.53. The Hall–Kier alpha value is -3.07. The average molecular weight is 456 g/mol. The highest BCUT2D eigenvalue weighted by atomic mass is 19.3. The molecule has 1 aliphatic heterocycles. The van der Waals surface area contributed by atoms with E-state index in [1.54, 1.807) is 18.0 Å². The van der Waals surface area contributed by atoms with Crippen molar-refractivity contribution in [2.75, 3.05) is 18.4 Å². The number of nitrogens with one attached hydrogen (secondary N) is 2. The van der Waals surface area contributed by atoms with Crippen molar-refractivity contribution in [1.29, 1.82) is 0 Å². The van der Waals surface area contributed by atoms with Gasteiger partial charge >= 0.3 is 0 Å². The van der Waals surface area contributed by atoms with E-state index in [-0.39, 0.29) is 31.0 Å². The molecule has 2 unspecified atom stereocenters. The van der Waals surface area contributed by atoms with Crippen molar-refractivity contribution in [3.63, 3.8) is 0 Å². The van der Waals surface area contributed by atoms with Crippen molar-refractivity contribution in [2.45, 2.75) is 50.6 Å². The molecule has 3 aromatic rings. The third kappa shape index (κ3) is 4.55. The van der Waals surface area contributed by atoms with E-state index in [2.05, 4.69) is 19.9 Å². The predicted molar refractivity (Wildman–Crippen MR) is 121 cm³/mol. The zero-order valence-corrected chi connectivity index (χ0v) is 18.4. The van der Waals surface area contributed by atoms with E-state index in [9.17, 15) is 18.4 Å². The van der Waals surface area contributed by atoms with Gasteiger partial charge in [-0.1, -0.05) is 6.07 Å². The van der Waals surface area contributed by atoms with Crippen LogP contribution in [0.25, 0.3) is 10.9 Å². The second-order valence-electron chi connectivity index (χ2n) is 9.25. The molecule has 2 atom stereocenters. The summed E-state index contributed by atoms with van der Waals surface area (Å²) in [5, 5.41) is 3.84. The number of piperidine rings is 1. The fourth-order valence-electron chi connectivity index (χ4n) is 4.56. The third-order valence-corrected chi connectivity index (χ3v) is 6.86. The van der Waals surface area contributed by atoms with Crippen LogP contribution < -0.4 is 10.9 Å². The molecular formula is C24H27F2N5O2. The number of rotatable bonds is 6. The molecule has 0 spiro atoms. The minimum atomic E-state index is -2.91. The Kier molecular flexibility index (Phi) is 5.52. The van der Waals surface area contributed by atoms with Crippen LogP contribution in [0.5, 0.6) is 0 Å². The molecule has 2 N–H and O–H groups in total. The summed E-state index contributed by atoms with van der Waals surface area (Å²) >= 11 is 0. The van der Waals surface area contributed by atoms with Crippen LogP contribution in [-0.4, -0.2) is 50.4 Å². The molecule has 2 aliphatic rings. The Bertz CT molecular complexity index is 1210. The summed E-state index contributed by atoms with van der Waals surface area (Å²) in [5.41, 5.74) is 1.06. The maximum Gasteiger partial charge on any atom is 0.257 e. The fourth-order valence-corrected chi connectivity index (χ4v) is 4.56. The standard InChI is InChI=1S/C24H27F2N5O2/c1-15(30-9-7-24(25,26)19(14-30)18-4-5-22(32)28-11-18)23(33)29-21-10-17-6-8-31(13-16-2-3-16)20(17)12-27-21/h4-6,8,10-12,15-16,19H,2-3,7,9,13-14H2,1H3,(H,28,32)(H,27,29,33).